The molecule has 164 valence electrons. The lowest BCUT2D eigenvalue weighted by Crippen LogP contribution is -2.34. The number of hydrogen-bond acceptors (Lipinski definition) is 7. The van der Waals surface area contributed by atoms with Crippen molar-refractivity contribution in [3.63, 3.8) is 0 Å². The molecule has 2 heterocycles. The Hall–Kier alpha value is -3.65. The standard InChI is InChI=1S/C24H23N3O4S/c1-16-6-11-20(30-3)22-23(16)32-24(26-22)27(14-17-5-4-12-25-13-17)21(28)15-31-19-9-7-18(29-2)8-10-19/h4-13H,14-15H2,1-3H3. The molecule has 0 fully saturated rings. The molecule has 2 aromatic carbocycles. The van der Waals surface area contributed by atoms with Gasteiger partial charge in [0.15, 0.2) is 11.7 Å². The van der Waals surface area contributed by atoms with Gasteiger partial charge in [0.25, 0.3) is 5.91 Å². The quantitative estimate of drug-likeness (QED) is 0.391. The average molecular weight is 450 g/mol. The van der Waals surface area contributed by atoms with Crippen molar-refractivity contribution in [3.8, 4) is 17.2 Å². The number of benzene rings is 2. The number of amides is 1. The first-order chi connectivity index (χ1) is 15.6. The smallest absolute Gasteiger partial charge is 0.267 e. The lowest BCUT2D eigenvalue weighted by atomic mass is 10.2. The maximum atomic E-state index is 13.3. The fraction of sp³-hybridized carbons (Fsp3) is 0.208. The van der Waals surface area contributed by atoms with Crippen LogP contribution in [0.15, 0.2) is 60.9 Å². The molecule has 2 aromatic heterocycles. The lowest BCUT2D eigenvalue weighted by molar-refractivity contribution is -0.120. The monoisotopic (exact) mass is 449 g/mol. The van der Waals surface area contributed by atoms with Gasteiger partial charge < -0.3 is 14.2 Å². The summed E-state index contributed by atoms with van der Waals surface area (Å²) in [5, 5.41) is 0.583. The minimum atomic E-state index is -0.208. The maximum absolute atomic E-state index is 13.3. The second-order valence-electron chi connectivity index (χ2n) is 7.06. The Bertz CT molecular complexity index is 1210. The van der Waals surface area contributed by atoms with Gasteiger partial charge in [-0.1, -0.05) is 23.5 Å². The molecule has 0 spiro atoms. The summed E-state index contributed by atoms with van der Waals surface area (Å²) in [7, 11) is 3.22. The Balaban J connectivity index is 1.63. The molecule has 4 rings (SSSR count). The van der Waals surface area contributed by atoms with Gasteiger partial charge >= 0.3 is 0 Å². The van der Waals surface area contributed by atoms with Crippen LogP contribution >= 0.6 is 11.3 Å². The van der Waals surface area contributed by atoms with Crippen LogP contribution in [0.5, 0.6) is 17.2 Å². The van der Waals surface area contributed by atoms with E-state index in [1.807, 2.05) is 31.2 Å². The summed E-state index contributed by atoms with van der Waals surface area (Å²) < 4.78 is 17.4. The van der Waals surface area contributed by atoms with E-state index < -0.39 is 0 Å². The van der Waals surface area contributed by atoms with Gasteiger partial charge in [0, 0.05) is 12.4 Å². The third kappa shape index (κ3) is 4.65. The van der Waals surface area contributed by atoms with Crippen LogP contribution in [0, 0.1) is 6.92 Å². The van der Waals surface area contributed by atoms with Crippen LogP contribution in [-0.4, -0.2) is 36.7 Å². The van der Waals surface area contributed by atoms with E-state index in [-0.39, 0.29) is 12.5 Å². The summed E-state index contributed by atoms with van der Waals surface area (Å²) in [6.45, 7) is 2.22. The molecular formula is C24H23N3O4S. The zero-order valence-electron chi connectivity index (χ0n) is 18.1. The van der Waals surface area contributed by atoms with Crippen molar-refractivity contribution in [2.45, 2.75) is 13.5 Å². The number of hydrogen-bond donors (Lipinski definition) is 0. The highest BCUT2D eigenvalue weighted by Gasteiger charge is 2.22. The van der Waals surface area contributed by atoms with Crippen LogP contribution < -0.4 is 19.1 Å². The molecule has 0 N–H and O–H groups in total. The Morgan fingerprint density at radius 2 is 1.81 bits per heavy atom. The third-order valence-corrected chi connectivity index (χ3v) is 6.14. The van der Waals surface area contributed by atoms with Crippen molar-refractivity contribution >= 4 is 32.6 Å². The first kappa shape index (κ1) is 21.6. The first-order valence-corrected chi connectivity index (χ1v) is 10.8. The molecule has 0 bridgehead atoms. The molecule has 1 amide bonds. The minimum Gasteiger partial charge on any atom is -0.497 e. The molecule has 0 aliphatic carbocycles. The Kier molecular flexibility index (Phi) is 6.51. The summed E-state index contributed by atoms with van der Waals surface area (Å²) >= 11 is 1.46. The molecule has 0 atom stereocenters. The van der Waals surface area contributed by atoms with Crippen LogP contribution in [-0.2, 0) is 11.3 Å². The molecule has 0 saturated heterocycles. The molecule has 4 aromatic rings. The fourth-order valence-corrected chi connectivity index (χ4v) is 4.28. The topological polar surface area (TPSA) is 73.8 Å². The Morgan fingerprint density at radius 3 is 2.50 bits per heavy atom. The number of aromatic nitrogens is 2. The van der Waals surface area contributed by atoms with Gasteiger partial charge in [0.05, 0.1) is 25.5 Å². The molecule has 0 saturated carbocycles. The van der Waals surface area contributed by atoms with Crippen molar-refractivity contribution in [1.82, 2.24) is 9.97 Å². The number of anilines is 1. The number of aryl methyl sites for hydroxylation is 1. The van der Waals surface area contributed by atoms with Crippen LogP contribution in [0.3, 0.4) is 0 Å². The number of methoxy groups -OCH3 is 2. The second-order valence-corrected chi connectivity index (χ2v) is 8.04. The third-order valence-electron chi connectivity index (χ3n) is 4.93. The average Bonchev–Trinajstić information content (AvgIpc) is 3.28. The van der Waals surface area contributed by atoms with Crippen molar-refractivity contribution in [1.29, 1.82) is 0 Å². The molecule has 8 heteroatoms. The second kappa shape index (κ2) is 9.65. The summed E-state index contributed by atoms with van der Waals surface area (Å²) in [5.41, 5.74) is 2.72. The minimum absolute atomic E-state index is 0.126. The van der Waals surface area contributed by atoms with E-state index in [4.69, 9.17) is 19.2 Å². The van der Waals surface area contributed by atoms with E-state index in [1.165, 1.54) is 11.3 Å². The van der Waals surface area contributed by atoms with Gasteiger partial charge in [-0.05, 0) is 54.4 Å². The summed E-state index contributed by atoms with van der Waals surface area (Å²) in [6.07, 6.45) is 3.44. The highest BCUT2D eigenvalue weighted by atomic mass is 32.1. The van der Waals surface area contributed by atoms with E-state index in [0.29, 0.717) is 23.2 Å². The highest BCUT2D eigenvalue weighted by Crippen LogP contribution is 2.37. The van der Waals surface area contributed by atoms with Gasteiger partial charge in [0.1, 0.15) is 22.8 Å². The molecule has 32 heavy (non-hydrogen) atoms. The number of pyridine rings is 1. The van der Waals surface area contributed by atoms with Crippen molar-refractivity contribution in [3.05, 3.63) is 72.1 Å². The zero-order valence-corrected chi connectivity index (χ0v) is 18.9. The van der Waals surface area contributed by atoms with E-state index in [0.717, 1.165) is 27.1 Å². The van der Waals surface area contributed by atoms with Gasteiger partial charge in [-0.25, -0.2) is 4.98 Å². The number of carbonyl (C=O) groups excluding carboxylic acids is 1. The Morgan fingerprint density at radius 1 is 1.03 bits per heavy atom. The van der Waals surface area contributed by atoms with Gasteiger partial charge in [-0.3, -0.25) is 14.7 Å². The predicted octanol–water partition coefficient (Wildman–Crippen LogP) is 4.63. The number of rotatable bonds is 8. The molecule has 0 aliphatic rings. The van der Waals surface area contributed by atoms with Gasteiger partial charge in [-0.2, -0.15) is 0 Å². The fourth-order valence-electron chi connectivity index (χ4n) is 3.21. The molecular weight excluding hydrogens is 426 g/mol. The normalized spacial score (nSPS) is 10.7. The highest BCUT2D eigenvalue weighted by molar-refractivity contribution is 7.22. The molecule has 0 radical (unpaired) electrons. The van der Waals surface area contributed by atoms with Crippen molar-refractivity contribution in [2.75, 3.05) is 25.7 Å². The first-order valence-electron chi connectivity index (χ1n) is 9.99. The Labute approximate surface area is 190 Å². The summed E-state index contributed by atoms with van der Waals surface area (Å²) in [5.74, 6) is 1.78. The predicted molar refractivity (Wildman–Crippen MR) is 125 cm³/mol. The summed E-state index contributed by atoms with van der Waals surface area (Å²) in [4.78, 5) is 23.8. The van der Waals surface area contributed by atoms with E-state index in [1.54, 1.807) is 55.8 Å². The number of thiazole rings is 1. The van der Waals surface area contributed by atoms with Crippen LogP contribution in [0.1, 0.15) is 11.1 Å². The van der Waals surface area contributed by atoms with E-state index >= 15 is 0 Å². The summed E-state index contributed by atoms with van der Waals surface area (Å²) in [6, 6.07) is 14.8. The lowest BCUT2D eigenvalue weighted by Gasteiger charge is -2.20. The van der Waals surface area contributed by atoms with Crippen molar-refractivity contribution in [2.24, 2.45) is 0 Å². The largest absolute Gasteiger partial charge is 0.497 e. The van der Waals surface area contributed by atoms with Crippen molar-refractivity contribution < 1.29 is 19.0 Å². The van der Waals surface area contributed by atoms with Crippen LogP contribution in [0.25, 0.3) is 10.2 Å². The van der Waals surface area contributed by atoms with E-state index in [2.05, 4.69) is 4.98 Å². The zero-order chi connectivity index (χ0) is 22.5. The number of fused-ring (bicyclic) bond motifs is 1. The number of ether oxygens (including phenoxy) is 3. The maximum Gasteiger partial charge on any atom is 0.267 e. The molecule has 0 aliphatic heterocycles. The molecule has 0 unspecified atom stereocenters. The molecule has 7 nitrogen and oxygen atoms in total. The number of carbonyl (C=O) groups is 1. The van der Waals surface area contributed by atoms with Crippen LogP contribution in [0.4, 0.5) is 5.13 Å². The van der Waals surface area contributed by atoms with Gasteiger partial charge in [0.2, 0.25) is 0 Å². The van der Waals surface area contributed by atoms with E-state index in [9.17, 15) is 4.79 Å². The van der Waals surface area contributed by atoms with Gasteiger partial charge in [-0.15, -0.1) is 0 Å². The van der Waals surface area contributed by atoms with Crippen LogP contribution in [0.2, 0.25) is 0 Å². The SMILES string of the molecule is COc1ccc(OCC(=O)N(Cc2cccnc2)c2nc3c(OC)ccc(C)c3s2)cc1. The number of nitrogens with zero attached hydrogens (tertiary/aromatic N) is 3.